The maximum Gasteiger partial charge on any atom is 0.253 e. The lowest BCUT2D eigenvalue weighted by Gasteiger charge is -2.50. The molecule has 1 N–H and O–H groups in total. The molecule has 8 rings (SSSR count). The highest BCUT2D eigenvalue weighted by molar-refractivity contribution is 6.53. The summed E-state index contributed by atoms with van der Waals surface area (Å²) in [6, 6.07) is 25.1. The first-order valence-electron chi connectivity index (χ1n) is 16.6. The summed E-state index contributed by atoms with van der Waals surface area (Å²) in [5.41, 5.74) is 3.58. The van der Waals surface area contributed by atoms with E-state index in [1.165, 1.54) is 11.9 Å². The number of hydrogen-bond acceptors (Lipinski definition) is 8. The van der Waals surface area contributed by atoms with Crippen LogP contribution in [0.3, 0.4) is 0 Å². The number of imide groups is 2. The van der Waals surface area contributed by atoms with E-state index in [4.69, 9.17) is 23.2 Å². The molecule has 0 spiro atoms. The van der Waals surface area contributed by atoms with Gasteiger partial charge < -0.3 is 10.0 Å². The Bertz CT molecular complexity index is 2220. The van der Waals surface area contributed by atoms with E-state index in [0.29, 0.717) is 33.6 Å². The number of phenolic OH excluding ortho intramolecular Hbond substituents is 1. The fourth-order valence-electron chi connectivity index (χ4n) is 8.45. The number of azo groups is 1. The van der Waals surface area contributed by atoms with Gasteiger partial charge in [-0.1, -0.05) is 48.0 Å². The Hall–Kier alpha value is -5.06. The second-order valence-corrected chi connectivity index (χ2v) is 15.1. The maximum absolute atomic E-state index is 14.4. The molecule has 2 saturated heterocycles. The van der Waals surface area contributed by atoms with E-state index in [1.807, 2.05) is 67.5 Å². The van der Waals surface area contributed by atoms with Crippen LogP contribution in [-0.2, 0) is 19.2 Å². The Morgan fingerprint density at radius 3 is 2.12 bits per heavy atom. The lowest BCUT2D eigenvalue weighted by molar-refractivity contribution is -0.138. The standard InChI is InChI=1S/C39H33Cl2N5O5/c1-44(2)24-13-9-22(10-14-24)42-43-23-11-15-25(16-12-23)46-34(48)28-19-18-27-30(31(28)35(46)49)20-38(40)36(50)45(3)37(51)39(38,41)32(27)29-17-8-21-6-4-5-7-26(21)33(29)47/h4-18,28,30-32,47H,19-20H2,1-3H3/t28-,30+,31-,32+,38+,39-/m0/s1. The summed E-state index contributed by atoms with van der Waals surface area (Å²) in [6.45, 7) is 0. The topological polar surface area (TPSA) is 123 Å². The Morgan fingerprint density at radius 1 is 0.804 bits per heavy atom. The SMILES string of the molecule is CN1C(=O)[C@]2(Cl)C[C@@H]3C(=CC[C@@H]4C(=O)N(c5ccc(N=Nc6ccc(N(C)C)cc6)cc5)C(=O)[C@@H]43)[C@H](c3ccc4ccccc4c3O)[C@]2(Cl)C1=O. The molecule has 10 nitrogen and oxygen atoms in total. The molecule has 4 amide bonds. The van der Waals surface area contributed by atoms with Gasteiger partial charge in [0.25, 0.3) is 11.8 Å². The Balaban J connectivity index is 1.15. The highest BCUT2D eigenvalue weighted by Crippen LogP contribution is 2.66. The third-order valence-corrected chi connectivity index (χ3v) is 12.4. The molecule has 2 aliphatic heterocycles. The van der Waals surface area contributed by atoms with Gasteiger partial charge in [-0.3, -0.25) is 29.0 Å². The maximum atomic E-state index is 14.4. The van der Waals surface area contributed by atoms with Crippen LogP contribution in [0.15, 0.2) is 107 Å². The highest BCUT2D eigenvalue weighted by Gasteiger charge is 2.76. The summed E-state index contributed by atoms with van der Waals surface area (Å²) in [6.07, 6.45) is 1.93. The molecule has 0 radical (unpaired) electrons. The second kappa shape index (κ2) is 11.7. The number of aromatic hydroxyl groups is 1. The van der Waals surface area contributed by atoms with Crippen LogP contribution >= 0.6 is 23.2 Å². The number of nitrogens with zero attached hydrogens (tertiary/aromatic N) is 5. The van der Waals surface area contributed by atoms with Crippen LogP contribution in [-0.4, -0.2) is 64.5 Å². The van der Waals surface area contributed by atoms with Gasteiger partial charge in [-0.05, 0) is 72.7 Å². The third kappa shape index (κ3) is 4.69. The van der Waals surface area contributed by atoms with Crippen molar-refractivity contribution in [1.82, 2.24) is 4.90 Å². The van der Waals surface area contributed by atoms with Crippen LogP contribution in [0.2, 0.25) is 0 Å². The molecule has 2 heterocycles. The average Bonchev–Trinajstić information content (AvgIpc) is 3.46. The minimum atomic E-state index is -1.99. The summed E-state index contributed by atoms with van der Waals surface area (Å²) < 4.78 is 0. The molecule has 0 unspecified atom stereocenters. The number of rotatable bonds is 5. The molecule has 0 aromatic heterocycles. The predicted molar refractivity (Wildman–Crippen MR) is 195 cm³/mol. The zero-order valence-corrected chi connectivity index (χ0v) is 29.5. The van der Waals surface area contributed by atoms with Crippen molar-refractivity contribution in [3.8, 4) is 5.75 Å². The number of amides is 4. The first-order chi connectivity index (χ1) is 24.4. The van der Waals surface area contributed by atoms with E-state index in [9.17, 15) is 24.3 Å². The number of carbonyl (C=O) groups is 4. The van der Waals surface area contributed by atoms with Crippen molar-refractivity contribution in [3.63, 3.8) is 0 Å². The van der Waals surface area contributed by atoms with Gasteiger partial charge in [-0.15, -0.1) is 23.2 Å². The number of anilines is 2. The van der Waals surface area contributed by atoms with Crippen molar-refractivity contribution < 1.29 is 24.3 Å². The van der Waals surface area contributed by atoms with Gasteiger partial charge in [0.1, 0.15) is 5.75 Å². The van der Waals surface area contributed by atoms with Gasteiger partial charge in [-0.25, -0.2) is 0 Å². The van der Waals surface area contributed by atoms with Crippen molar-refractivity contribution in [2.75, 3.05) is 30.9 Å². The van der Waals surface area contributed by atoms with E-state index < -0.39 is 51.1 Å². The van der Waals surface area contributed by atoms with Gasteiger partial charge in [-0.2, -0.15) is 10.2 Å². The van der Waals surface area contributed by atoms with E-state index >= 15 is 0 Å². The van der Waals surface area contributed by atoms with E-state index in [1.54, 1.807) is 42.5 Å². The van der Waals surface area contributed by atoms with Crippen molar-refractivity contribution in [1.29, 1.82) is 0 Å². The van der Waals surface area contributed by atoms with Crippen molar-refractivity contribution in [2.24, 2.45) is 28.0 Å². The fraction of sp³-hybridized carbons (Fsp3) is 0.282. The monoisotopic (exact) mass is 721 g/mol. The molecule has 1 saturated carbocycles. The lowest BCUT2D eigenvalue weighted by Crippen LogP contribution is -2.60. The van der Waals surface area contributed by atoms with Crippen LogP contribution < -0.4 is 9.80 Å². The molecule has 51 heavy (non-hydrogen) atoms. The average molecular weight is 723 g/mol. The molecular weight excluding hydrogens is 689 g/mol. The van der Waals surface area contributed by atoms with Gasteiger partial charge in [0.15, 0.2) is 9.75 Å². The van der Waals surface area contributed by atoms with Crippen LogP contribution in [0.5, 0.6) is 5.75 Å². The zero-order chi connectivity index (χ0) is 36.0. The van der Waals surface area contributed by atoms with Gasteiger partial charge >= 0.3 is 0 Å². The zero-order valence-electron chi connectivity index (χ0n) is 28.0. The number of alkyl halides is 2. The van der Waals surface area contributed by atoms with E-state index in [2.05, 4.69) is 10.2 Å². The number of allylic oxidation sites excluding steroid dienone is 2. The third-order valence-electron chi connectivity index (χ3n) is 11.0. The minimum absolute atomic E-state index is 0.0890. The number of benzene rings is 4. The Morgan fingerprint density at radius 2 is 1.45 bits per heavy atom. The molecule has 2 aliphatic carbocycles. The largest absolute Gasteiger partial charge is 0.507 e. The number of phenols is 1. The molecule has 6 atom stereocenters. The Kier molecular flexibility index (Phi) is 7.63. The molecule has 4 aromatic carbocycles. The first-order valence-corrected chi connectivity index (χ1v) is 17.4. The minimum Gasteiger partial charge on any atom is -0.507 e. The highest BCUT2D eigenvalue weighted by atomic mass is 35.5. The molecule has 0 bridgehead atoms. The van der Waals surface area contributed by atoms with Gasteiger partial charge in [0.2, 0.25) is 11.8 Å². The quantitative estimate of drug-likeness (QED) is 0.101. The van der Waals surface area contributed by atoms with Crippen molar-refractivity contribution in [3.05, 3.63) is 102 Å². The molecule has 4 aliphatic rings. The number of fused-ring (bicyclic) bond motifs is 5. The first kappa shape index (κ1) is 33.1. The molecule has 4 aromatic rings. The van der Waals surface area contributed by atoms with Crippen molar-refractivity contribution >= 4 is 80.4 Å². The normalized spacial score (nSPS) is 28.7. The van der Waals surface area contributed by atoms with E-state index in [0.717, 1.165) is 16.0 Å². The second-order valence-electron chi connectivity index (χ2n) is 13.9. The molecule has 12 heteroatoms. The van der Waals surface area contributed by atoms with Crippen LogP contribution in [0.4, 0.5) is 22.7 Å². The fourth-order valence-corrected chi connectivity index (χ4v) is 9.46. The molecule has 3 fully saturated rings. The number of hydrogen-bond donors (Lipinski definition) is 1. The van der Waals surface area contributed by atoms with Crippen LogP contribution in [0, 0.1) is 17.8 Å². The number of halogens is 2. The van der Waals surface area contributed by atoms with Gasteiger partial charge in [0, 0.05) is 43.7 Å². The summed E-state index contributed by atoms with van der Waals surface area (Å²) in [5.74, 6) is -5.57. The molecular formula is C39H33Cl2N5O5. The molecule has 258 valence electrons. The summed E-state index contributed by atoms with van der Waals surface area (Å²) in [7, 11) is 5.25. The van der Waals surface area contributed by atoms with Crippen LogP contribution in [0.1, 0.15) is 24.3 Å². The summed E-state index contributed by atoms with van der Waals surface area (Å²) in [5, 5.41) is 21.6. The Labute approximate surface area is 303 Å². The van der Waals surface area contributed by atoms with E-state index in [-0.39, 0.29) is 24.5 Å². The number of likely N-dealkylation sites (tertiary alicyclic amines) is 1. The van der Waals surface area contributed by atoms with Crippen molar-refractivity contribution in [2.45, 2.75) is 28.5 Å². The van der Waals surface area contributed by atoms with Gasteiger partial charge in [0.05, 0.1) is 28.9 Å². The summed E-state index contributed by atoms with van der Waals surface area (Å²) in [4.78, 5) is 56.3. The number of carbonyl (C=O) groups excluding carboxylic acids is 4. The van der Waals surface area contributed by atoms with Crippen LogP contribution in [0.25, 0.3) is 10.8 Å². The predicted octanol–water partition coefficient (Wildman–Crippen LogP) is 7.22. The lowest BCUT2D eigenvalue weighted by atomic mass is 9.56. The summed E-state index contributed by atoms with van der Waals surface area (Å²) >= 11 is 14.6. The smallest absolute Gasteiger partial charge is 0.253 e.